The van der Waals surface area contributed by atoms with Gasteiger partial charge in [-0.25, -0.2) is 0 Å². The molecule has 94 valence electrons. The minimum atomic E-state index is -0.135. The van der Waals surface area contributed by atoms with Gasteiger partial charge < -0.3 is 11.1 Å². The van der Waals surface area contributed by atoms with Crippen molar-refractivity contribution in [1.82, 2.24) is 5.32 Å². The predicted molar refractivity (Wildman–Crippen MR) is 67.1 cm³/mol. The summed E-state index contributed by atoms with van der Waals surface area (Å²) >= 11 is 0. The van der Waals surface area contributed by atoms with E-state index in [1.165, 1.54) is 19.3 Å². The highest BCUT2D eigenvalue weighted by Gasteiger charge is 2.34. The molecule has 0 saturated heterocycles. The summed E-state index contributed by atoms with van der Waals surface area (Å²) in [5.41, 5.74) is 5.59. The Labute approximate surface area is 99.2 Å². The first-order chi connectivity index (χ1) is 7.44. The van der Waals surface area contributed by atoms with Gasteiger partial charge in [0.1, 0.15) is 0 Å². The van der Waals surface area contributed by atoms with Gasteiger partial charge in [-0.1, -0.05) is 26.2 Å². The van der Waals surface area contributed by atoms with E-state index in [4.69, 9.17) is 5.73 Å². The van der Waals surface area contributed by atoms with Crippen molar-refractivity contribution >= 4 is 5.91 Å². The Balaban J connectivity index is 2.44. The Morgan fingerprint density at radius 3 is 2.38 bits per heavy atom. The Morgan fingerprint density at radius 2 is 1.88 bits per heavy atom. The first-order valence-corrected chi connectivity index (χ1v) is 6.50. The van der Waals surface area contributed by atoms with E-state index in [2.05, 4.69) is 12.2 Å². The zero-order chi connectivity index (χ0) is 12.2. The lowest BCUT2D eigenvalue weighted by molar-refractivity contribution is -0.132. The van der Waals surface area contributed by atoms with Crippen LogP contribution in [-0.2, 0) is 4.79 Å². The number of rotatable bonds is 4. The molecule has 1 aliphatic rings. The third-order valence-corrected chi connectivity index (χ3v) is 3.61. The second-order valence-corrected chi connectivity index (χ2v) is 5.71. The summed E-state index contributed by atoms with van der Waals surface area (Å²) in [7, 11) is 0. The molecule has 16 heavy (non-hydrogen) atoms. The van der Waals surface area contributed by atoms with Crippen LogP contribution in [0.4, 0.5) is 0 Å². The molecule has 0 heterocycles. The van der Waals surface area contributed by atoms with Crippen LogP contribution in [0.2, 0.25) is 0 Å². The highest BCUT2D eigenvalue weighted by Crippen LogP contribution is 2.35. The van der Waals surface area contributed by atoms with E-state index >= 15 is 0 Å². The third kappa shape index (κ3) is 3.78. The van der Waals surface area contributed by atoms with Crippen LogP contribution in [0.1, 0.15) is 59.3 Å². The lowest BCUT2D eigenvalue weighted by Gasteiger charge is -2.33. The summed E-state index contributed by atoms with van der Waals surface area (Å²) in [6.45, 7) is 6.11. The molecule has 1 amide bonds. The molecule has 2 unspecified atom stereocenters. The van der Waals surface area contributed by atoms with Crippen LogP contribution in [0.3, 0.4) is 0 Å². The van der Waals surface area contributed by atoms with Crippen molar-refractivity contribution in [1.29, 1.82) is 0 Å². The lowest BCUT2D eigenvalue weighted by Crippen LogP contribution is -2.45. The van der Waals surface area contributed by atoms with Crippen LogP contribution in [0.15, 0.2) is 0 Å². The van der Waals surface area contributed by atoms with Crippen molar-refractivity contribution in [3.8, 4) is 0 Å². The molecule has 0 aromatic carbocycles. The molecule has 3 heteroatoms. The van der Waals surface area contributed by atoms with E-state index in [9.17, 15) is 4.79 Å². The topological polar surface area (TPSA) is 55.1 Å². The number of nitrogens with one attached hydrogen (secondary N) is 1. The Bertz CT molecular complexity index is 232. The zero-order valence-electron chi connectivity index (χ0n) is 10.9. The zero-order valence-corrected chi connectivity index (χ0v) is 10.9. The van der Waals surface area contributed by atoms with Crippen molar-refractivity contribution in [2.45, 2.75) is 71.4 Å². The molecular formula is C13H26N2O. The van der Waals surface area contributed by atoms with Gasteiger partial charge in [0, 0.05) is 17.5 Å². The van der Waals surface area contributed by atoms with Crippen LogP contribution in [0, 0.1) is 5.41 Å². The maximum absolute atomic E-state index is 12.2. The smallest absolute Gasteiger partial charge is 0.226 e. The Kier molecular flexibility index (Phi) is 4.78. The van der Waals surface area contributed by atoms with Crippen molar-refractivity contribution in [3.05, 3.63) is 0 Å². The molecule has 1 aliphatic carbocycles. The average Bonchev–Trinajstić information content (AvgIpc) is 2.17. The molecule has 0 aromatic rings. The molecule has 1 saturated carbocycles. The van der Waals surface area contributed by atoms with Crippen LogP contribution < -0.4 is 11.1 Å². The van der Waals surface area contributed by atoms with E-state index in [1.54, 1.807) is 0 Å². The van der Waals surface area contributed by atoms with Crippen LogP contribution in [-0.4, -0.2) is 18.0 Å². The minimum Gasteiger partial charge on any atom is -0.353 e. The van der Waals surface area contributed by atoms with Gasteiger partial charge in [-0.3, -0.25) is 4.79 Å². The van der Waals surface area contributed by atoms with E-state index in [-0.39, 0.29) is 23.4 Å². The Morgan fingerprint density at radius 1 is 1.31 bits per heavy atom. The molecule has 1 rings (SSSR count). The van der Waals surface area contributed by atoms with E-state index in [1.807, 2.05) is 13.8 Å². The van der Waals surface area contributed by atoms with Gasteiger partial charge in [0.05, 0.1) is 0 Å². The van der Waals surface area contributed by atoms with E-state index < -0.39 is 0 Å². The van der Waals surface area contributed by atoms with Gasteiger partial charge in [0.2, 0.25) is 5.91 Å². The molecular weight excluding hydrogens is 200 g/mol. The van der Waals surface area contributed by atoms with Gasteiger partial charge in [-0.15, -0.1) is 0 Å². The van der Waals surface area contributed by atoms with E-state index in [0.717, 1.165) is 19.3 Å². The number of carbonyl (C=O) groups is 1. The number of hydrogen-bond donors (Lipinski definition) is 2. The largest absolute Gasteiger partial charge is 0.353 e. The summed E-state index contributed by atoms with van der Waals surface area (Å²) in [5, 5.41) is 3.10. The molecule has 1 fully saturated rings. The fourth-order valence-corrected chi connectivity index (χ4v) is 2.57. The maximum atomic E-state index is 12.2. The fraction of sp³-hybridized carbons (Fsp3) is 0.923. The molecule has 3 N–H and O–H groups in total. The second-order valence-electron chi connectivity index (χ2n) is 5.71. The molecule has 0 spiro atoms. The minimum absolute atomic E-state index is 0.135. The molecule has 3 nitrogen and oxygen atoms in total. The maximum Gasteiger partial charge on any atom is 0.226 e. The van der Waals surface area contributed by atoms with Gasteiger partial charge >= 0.3 is 0 Å². The van der Waals surface area contributed by atoms with Crippen LogP contribution in [0.5, 0.6) is 0 Å². The Hall–Kier alpha value is -0.570. The summed E-state index contributed by atoms with van der Waals surface area (Å²) < 4.78 is 0. The molecule has 2 atom stereocenters. The number of amides is 1. The predicted octanol–water partition coefficient (Wildman–Crippen LogP) is 2.20. The monoisotopic (exact) mass is 226 g/mol. The van der Waals surface area contributed by atoms with E-state index in [0.29, 0.717) is 0 Å². The number of nitrogens with two attached hydrogens (primary N) is 1. The molecule has 0 bridgehead atoms. The van der Waals surface area contributed by atoms with Crippen LogP contribution >= 0.6 is 0 Å². The first-order valence-electron chi connectivity index (χ1n) is 6.50. The molecule has 0 aromatic heterocycles. The van der Waals surface area contributed by atoms with Crippen molar-refractivity contribution in [3.63, 3.8) is 0 Å². The normalized spacial score (nSPS) is 23.5. The second kappa shape index (κ2) is 5.67. The standard InChI is InChI=1S/C13H26N2O/c1-10(14)9-11(2)15-12(16)13(3)7-5-4-6-8-13/h10-11H,4-9,14H2,1-3H3,(H,15,16). The summed E-state index contributed by atoms with van der Waals surface area (Å²) in [5.74, 6) is 0.223. The SMILES string of the molecule is CC(N)CC(C)NC(=O)C1(C)CCCCC1. The highest BCUT2D eigenvalue weighted by atomic mass is 16.2. The highest BCUT2D eigenvalue weighted by molar-refractivity contribution is 5.82. The number of carbonyl (C=O) groups excluding carboxylic acids is 1. The fourth-order valence-electron chi connectivity index (χ4n) is 2.57. The quantitative estimate of drug-likeness (QED) is 0.772. The van der Waals surface area contributed by atoms with Gasteiger partial charge in [0.15, 0.2) is 0 Å². The third-order valence-electron chi connectivity index (χ3n) is 3.61. The van der Waals surface area contributed by atoms with Gasteiger partial charge in [0.25, 0.3) is 0 Å². The summed E-state index contributed by atoms with van der Waals surface area (Å²) in [4.78, 5) is 12.2. The van der Waals surface area contributed by atoms with Crippen molar-refractivity contribution in [2.75, 3.05) is 0 Å². The molecule has 0 radical (unpaired) electrons. The van der Waals surface area contributed by atoms with Gasteiger partial charge in [-0.2, -0.15) is 0 Å². The summed E-state index contributed by atoms with van der Waals surface area (Å²) in [6, 6.07) is 0.334. The summed E-state index contributed by atoms with van der Waals surface area (Å²) in [6.07, 6.45) is 6.56. The van der Waals surface area contributed by atoms with Crippen LogP contribution in [0.25, 0.3) is 0 Å². The first kappa shape index (κ1) is 13.5. The molecule has 0 aliphatic heterocycles. The number of hydrogen-bond acceptors (Lipinski definition) is 2. The lowest BCUT2D eigenvalue weighted by atomic mass is 9.75. The average molecular weight is 226 g/mol. The van der Waals surface area contributed by atoms with Gasteiger partial charge in [-0.05, 0) is 33.1 Å². The van der Waals surface area contributed by atoms with Crippen molar-refractivity contribution in [2.24, 2.45) is 11.1 Å². The van der Waals surface area contributed by atoms with Crippen molar-refractivity contribution < 1.29 is 4.79 Å².